The van der Waals surface area contributed by atoms with Gasteiger partial charge < -0.3 is 10.4 Å². The maximum atomic E-state index is 12.7. The summed E-state index contributed by atoms with van der Waals surface area (Å²) in [6.07, 6.45) is 5.25. The summed E-state index contributed by atoms with van der Waals surface area (Å²) in [5.74, 6) is -0.450. The molecular weight excluding hydrogens is 249 g/mol. The van der Waals surface area contributed by atoms with Gasteiger partial charge in [-0.1, -0.05) is 6.92 Å². The van der Waals surface area contributed by atoms with Crippen molar-refractivity contribution in [1.29, 1.82) is 0 Å². The molecule has 0 aliphatic heterocycles. The first-order valence-electron chi connectivity index (χ1n) is 6.47. The van der Waals surface area contributed by atoms with Crippen LogP contribution in [0.4, 0.5) is 10.3 Å². The van der Waals surface area contributed by atoms with E-state index in [-0.39, 0.29) is 12.5 Å². The van der Waals surface area contributed by atoms with Crippen molar-refractivity contribution < 1.29 is 14.3 Å². The predicted octanol–water partition coefficient (Wildman–Crippen LogP) is 2.31. The summed E-state index contributed by atoms with van der Waals surface area (Å²) in [6, 6.07) is 0. The monoisotopic (exact) mass is 267 g/mol. The lowest BCUT2D eigenvalue weighted by Gasteiger charge is -2.35. The lowest BCUT2D eigenvalue weighted by molar-refractivity contribution is -0.150. The van der Waals surface area contributed by atoms with Gasteiger partial charge in [-0.2, -0.15) is 0 Å². The molecule has 6 heteroatoms. The van der Waals surface area contributed by atoms with Gasteiger partial charge in [-0.15, -0.1) is 0 Å². The Morgan fingerprint density at radius 2 is 2.05 bits per heavy atom. The quantitative estimate of drug-likeness (QED) is 0.875. The topological polar surface area (TPSA) is 75.1 Å². The Morgan fingerprint density at radius 3 is 2.58 bits per heavy atom. The number of anilines is 1. The van der Waals surface area contributed by atoms with Crippen LogP contribution in [0.2, 0.25) is 0 Å². The number of carbonyl (C=O) groups is 1. The van der Waals surface area contributed by atoms with Crippen molar-refractivity contribution in [2.45, 2.75) is 32.6 Å². The minimum atomic E-state index is -0.783. The minimum absolute atomic E-state index is 0.264. The summed E-state index contributed by atoms with van der Waals surface area (Å²) in [7, 11) is 0. The van der Waals surface area contributed by atoms with Gasteiger partial charge in [0.15, 0.2) is 5.82 Å². The summed E-state index contributed by atoms with van der Waals surface area (Å²) >= 11 is 0. The molecule has 104 valence electrons. The first-order chi connectivity index (χ1) is 9.02. The van der Waals surface area contributed by atoms with Crippen LogP contribution in [0.15, 0.2) is 12.4 Å². The highest BCUT2D eigenvalue weighted by Gasteiger charge is 2.41. The van der Waals surface area contributed by atoms with Gasteiger partial charge in [0.1, 0.15) is 0 Å². The first kappa shape index (κ1) is 13.7. The Hall–Kier alpha value is -1.72. The van der Waals surface area contributed by atoms with E-state index in [4.69, 9.17) is 0 Å². The molecule has 0 radical (unpaired) electrons. The molecule has 1 aromatic heterocycles. The molecule has 1 aromatic rings. The number of carboxylic acid groups (broad SMARTS) is 1. The summed E-state index contributed by atoms with van der Waals surface area (Å²) in [6.45, 7) is 2.42. The number of nitrogens with one attached hydrogen (secondary N) is 1. The van der Waals surface area contributed by atoms with Crippen LogP contribution in [0.5, 0.6) is 0 Å². The average molecular weight is 267 g/mol. The van der Waals surface area contributed by atoms with E-state index < -0.39 is 17.2 Å². The Balaban J connectivity index is 2.01. The number of hydrogen-bond donors (Lipinski definition) is 2. The second-order valence-corrected chi connectivity index (χ2v) is 5.35. The fourth-order valence-corrected chi connectivity index (χ4v) is 2.43. The Kier molecular flexibility index (Phi) is 3.97. The van der Waals surface area contributed by atoms with E-state index in [1.165, 1.54) is 0 Å². The molecule has 0 spiro atoms. The Morgan fingerprint density at radius 1 is 1.47 bits per heavy atom. The van der Waals surface area contributed by atoms with Crippen LogP contribution in [-0.4, -0.2) is 27.6 Å². The molecule has 1 aliphatic carbocycles. The van der Waals surface area contributed by atoms with Crippen LogP contribution >= 0.6 is 0 Å². The molecule has 0 unspecified atom stereocenters. The number of rotatable bonds is 4. The molecule has 19 heavy (non-hydrogen) atoms. The molecule has 1 aliphatic rings. The maximum Gasteiger partial charge on any atom is 0.311 e. The number of halogens is 1. The summed E-state index contributed by atoms with van der Waals surface area (Å²) in [4.78, 5) is 19.1. The van der Waals surface area contributed by atoms with E-state index in [9.17, 15) is 14.3 Å². The third-order valence-electron chi connectivity index (χ3n) is 3.89. The second kappa shape index (κ2) is 5.50. The number of nitrogens with zero attached hydrogens (tertiary/aromatic N) is 2. The van der Waals surface area contributed by atoms with Crippen molar-refractivity contribution in [3.8, 4) is 0 Å². The van der Waals surface area contributed by atoms with Gasteiger partial charge in [-0.05, 0) is 31.6 Å². The van der Waals surface area contributed by atoms with Gasteiger partial charge in [0.05, 0.1) is 17.8 Å². The van der Waals surface area contributed by atoms with Crippen molar-refractivity contribution >= 4 is 11.9 Å². The molecule has 0 amide bonds. The Labute approximate surface area is 111 Å². The van der Waals surface area contributed by atoms with E-state index in [1.807, 2.05) is 0 Å². The molecule has 1 fully saturated rings. The van der Waals surface area contributed by atoms with Gasteiger partial charge in [-0.25, -0.2) is 14.4 Å². The fraction of sp³-hybridized carbons (Fsp3) is 0.615. The van der Waals surface area contributed by atoms with Crippen molar-refractivity contribution in [2.75, 3.05) is 11.9 Å². The highest BCUT2D eigenvalue weighted by molar-refractivity contribution is 5.75. The number of aliphatic carboxylic acids is 1. The van der Waals surface area contributed by atoms with Crippen molar-refractivity contribution in [3.05, 3.63) is 18.2 Å². The third-order valence-corrected chi connectivity index (χ3v) is 3.89. The maximum absolute atomic E-state index is 12.7. The highest BCUT2D eigenvalue weighted by Crippen LogP contribution is 2.39. The lowest BCUT2D eigenvalue weighted by atomic mass is 9.71. The average Bonchev–Trinajstić information content (AvgIpc) is 2.40. The summed E-state index contributed by atoms with van der Waals surface area (Å²) < 4.78 is 12.7. The van der Waals surface area contributed by atoms with Crippen molar-refractivity contribution in [2.24, 2.45) is 11.3 Å². The standard InChI is InChI=1S/C13H18FN3O2/c1-9-2-4-13(5-3-9,11(18)19)8-17-12-15-6-10(14)7-16-12/h6-7,9H,2-5,8H2,1H3,(H,18,19)(H,15,16,17). The molecular formula is C13H18FN3O2. The summed E-state index contributed by atoms with van der Waals surface area (Å²) in [5.41, 5.74) is -0.760. The van der Waals surface area contributed by atoms with E-state index in [1.54, 1.807) is 0 Å². The predicted molar refractivity (Wildman–Crippen MR) is 68.2 cm³/mol. The van der Waals surface area contributed by atoms with Gasteiger partial charge >= 0.3 is 5.97 Å². The fourth-order valence-electron chi connectivity index (χ4n) is 2.43. The largest absolute Gasteiger partial charge is 0.481 e. The van der Waals surface area contributed by atoms with Crippen molar-refractivity contribution in [3.63, 3.8) is 0 Å². The zero-order chi connectivity index (χ0) is 13.9. The molecule has 5 nitrogen and oxygen atoms in total. The normalized spacial score (nSPS) is 26.9. The van der Waals surface area contributed by atoms with Crippen LogP contribution in [0, 0.1) is 17.2 Å². The molecule has 1 heterocycles. The first-order valence-corrected chi connectivity index (χ1v) is 6.47. The zero-order valence-corrected chi connectivity index (χ0v) is 10.9. The molecule has 0 aromatic carbocycles. The third kappa shape index (κ3) is 3.19. The van der Waals surface area contributed by atoms with Gasteiger partial charge in [0.25, 0.3) is 0 Å². The van der Waals surface area contributed by atoms with E-state index >= 15 is 0 Å². The Bertz CT molecular complexity index is 442. The van der Waals surface area contributed by atoms with Crippen molar-refractivity contribution in [1.82, 2.24) is 9.97 Å². The highest BCUT2D eigenvalue weighted by atomic mass is 19.1. The lowest BCUT2D eigenvalue weighted by Crippen LogP contribution is -2.41. The molecule has 2 rings (SSSR count). The zero-order valence-electron chi connectivity index (χ0n) is 10.9. The van der Waals surface area contributed by atoms with Gasteiger partial charge in [0, 0.05) is 6.54 Å². The number of carboxylic acids is 1. The molecule has 0 atom stereocenters. The van der Waals surface area contributed by atoms with Crippen LogP contribution in [0.25, 0.3) is 0 Å². The molecule has 1 saturated carbocycles. The van der Waals surface area contributed by atoms with E-state index in [0.29, 0.717) is 18.8 Å². The molecule has 0 saturated heterocycles. The molecule has 2 N–H and O–H groups in total. The number of hydrogen-bond acceptors (Lipinski definition) is 4. The second-order valence-electron chi connectivity index (χ2n) is 5.35. The number of aromatic nitrogens is 2. The van der Waals surface area contributed by atoms with Gasteiger partial charge in [0.2, 0.25) is 5.95 Å². The smallest absolute Gasteiger partial charge is 0.311 e. The van der Waals surface area contributed by atoms with Crippen LogP contribution < -0.4 is 5.32 Å². The van der Waals surface area contributed by atoms with Crippen LogP contribution in [0.1, 0.15) is 32.6 Å². The summed E-state index contributed by atoms with van der Waals surface area (Å²) in [5, 5.41) is 12.4. The molecule has 0 bridgehead atoms. The minimum Gasteiger partial charge on any atom is -0.481 e. The van der Waals surface area contributed by atoms with Crippen LogP contribution in [-0.2, 0) is 4.79 Å². The SMILES string of the molecule is CC1CCC(CNc2ncc(F)cn2)(C(=O)O)CC1. The van der Waals surface area contributed by atoms with Gasteiger partial charge in [-0.3, -0.25) is 4.79 Å². The van der Waals surface area contributed by atoms with E-state index in [2.05, 4.69) is 22.2 Å². The van der Waals surface area contributed by atoms with E-state index in [0.717, 1.165) is 25.2 Å². The van der Waals surface area contributed by atoms with Crippen LogP contribution in [0.3, 0.4) is 0 Å².